The lowest BCUT2D eigenvalue weighted by atomic mass is 10.1. The molecular formula is C16H22FN3O2. The molecule has 1 aromatic carbocycles. The molecule has 0 aromatic heterocycles. The van der Waals surface area contributed by atoms with Crippen molar-refractivity contribution in [2.75, 3.05) is 13.1 Å². The molecule has 1 aliphatic carbocycles. The van der Waals surface area contributed by atoms with Gasteiger partial charge in [0.15, 0.2) is 0 Å². The van der Waals surface area contributed by atoms with E-state index in [2.05, 4.69) is 10.6 Å². The number of benzene rings is 1. The molecule has 22 heavy (non-hydrogen) atoms. The maximum absolute atomic E-state index is 13.0. The van der Waals surface area contributed by atoms with Crippen LogP contribution in [0.2, 0.25) is 0 Å². The Kier molecular flexibility index (Phi) is 5.35. The number of nitrogens with zero attached hydrogens (tertiary/aromatic N) is 1. The lowest BCUT2D eigenvalue weighted by molar-refractivity contribution is -0.132. The van der Waals surface area contributed by atoms with Gasteiger partial charge in [0, 0.05) is 12.6 Å². The summed E-state index contributed by atoms with van der Waals surface area (Å²) in [6, 6.07) is 5.88. The molecule has 2 rings (SSSR count). The zero-order valence-corrected chi connectivity index (χ0v) is 12.9. The maximum Gasteiger partial charge on any atom is 0.315 e. The van der Waals surface area contributed by atoms with Gasteiger partial charge in [-0.3, -0.25) is 4.79 Å². The summed E-state index contributed by atoms with van der Waals surface area (Å²) in [5, 5.41) is 5.35. The number of hydrogen-bond acceptors (Lipinski definition) is 2. The molecular weight excluding hydrogens is 285 g/mol. The van der Waals surface area contributed by atoms with Crippen LogP contribution in [0.4, 0.5) is 9.18 Å². The minimum Gasteiger partial charge on any atom is -0.335 e. The van der Waals surface area contributed by atoms with Crippen LogP contribution in [0.25, 0.3) is 0 Å². The van der Waals surface area contributed by atoms with Crippen LogP contribution in [0.3, 0.4) is 0 Å². The van der Waals surface area contributed by atoms with Crippen molar-refractivity contribution in [3.8, 4) is 0 Å². The van der Waals surface area contributed by atoms with Crippen LogP contribution in [-0.2, 0) is 4.79 Å². The Balaban J connectivity index is 1.89. The highest BCUT2D eigenvalue weighted by atomic mass is 19.1. The molecule has 0 bridgehead atoms. The van der Waals surface area contributed by atoms with E-state index in [0.29, 0.717) is 6.54 Å². The molecule has 3 amide bonds. The monoisotopic (exact) mass is 307 g/mol. The fourth-order valence-electron chi connectivity index (χ4n) is 2.31. The number of amides is 3. The SMILES string of the molecule is CCN(C(=O)CNC(=O)NC1CC1)[C@@H](C)c1ccc(F)cc1. The molecule has 1 saturated carbocycles. The van der Waals surface area contributed by atoms with Gasteiger partial charge >= 0.3 is 6.03 Å². The molecule has 1 atom stereocenters. The van der Waals surface area contributed by atoms with Crippen LogP contribution >= 0.6 is 0 Å². The predicted octanol–water partition coefficient (Wildman–Crippen LogP) is 2.20. The van der Waals surface area contributed by atoms with Gasteiger partial charge < -0.3 is 15.5 Å². The van der Waals surface area contributed by atoms with Gasteiger partial charge in [0.2, 0.25) is 5.91 Å². The van der Waals surface area contributed by atoms with Crippen LogP contribution in [0.15, 0.2) is 24.3 Å². The fraction of sp³-hybridized carbons (Fsp3) is 0.500. The van der Waals surface area contributed by atoms with Gasteiger partial charge in [0.1, 0.15) is 5.82 Å². The molecule has 0 heterocycles. The third-order valence-corrected chi connectivity index (χ3v) is 3.79. The van der Waals surface area contributed by atoms with Crippen molar-refractivity contribution in [2.24, 2.45) is 0 Å². The number of likely N-dealkylation sites (N-methyl/N-ethyl adjacent to an activating group) is 1. The molecule has 0 unspecified atom stereocenters. The summed E-state index contributed by atoms with van der Waals surface area (Å²) < 4.78 is 13.0. The van der Waals surface area contributed by atoms with Crippen molar-refractivity contribution in [2.45, 2.75) is 38.8 Å². The third kappa shape index (κ3) is 4.44. The number of carbonyl (C=O) groups is 2. The van der Waals surface area contributed by atoms with Crippen molar-refractivity contribution >= 4 is 11.9 Å². The van der Waals surface area contributed by atoms with Gasteiger partial charge in [-0.25, -0.2) is 9.18 Å². The number of carbonyl (C=O) groups excluding carboxylic acids is 2. The van der Waals surface area contributed by atoms with Crippen molar-refractivity contribution < 1.29 is 14.0 Å². The van der Waals surface area contributed by atoms with E-state index in [0.717, 1.165) is 18.4 Å². The summed E-state index contributed by atoms with van der Waals surface area (Å²) in [7, 11) is 0. The second-order valence-corrected chi connectivity index (χ2v) is 5.51. The molecule has 0 aliphatic heterocycles. The molecule has 6 heteroatoms. The lowest BCUT2D eigenvalue weighted by Crippen LogP contribution is -2.45. The zero-order chi connectivity index (χ0) is 16.1. The first kappa shape index (κ1) is 16.3. The molecule has 120 valence electrons. The Hall–Kier alpha value is -2.11. The smallest absolute Gasteiger partial charge is 0.315 e. The minimum absolute atomic E-state index is 0.0437. The molecule has 5 nitrogen and oxygen atoms in total. The fourth-order valence-corrected chi connectivity index (χ4v) is 2.31. The van der Waals surface area contributed by atoms with E-state index in [1.165, 1.54) is 12.1 Å². The molecule has 0 radical (unpaired) electrons. The molecule has 1 fully saturated rings. The van der Waals surface area contributed by atoms with Gasteiger partial charge in [-0.1, -0.05) is 12.1 Å². The molecule has 0 spiro atoms. The van der Waals surface area contributed by atoms with Gasteiger partial charge in [0.05, 0.1) is 12.6 Å². The Morgan fingerprint density at radius 3 is 2.50 bits per heavy atom. The maximum atomic E-state index is 13.0. The van der Waals surface area contributed by atoms with E-state index >= 15 is 0 Å². The normalized spacial score (nSPS) is 15.0. The highest BCUT2D eigenvalue weighted by Gasteiger charge is 2.24. The number of rotatable bonds is 6. The summed E-state index contributed by atoms with van der Waals surface area (Å²) in [5.74, 6) is -0.464. The van der Waals surface area contributed by atoms with Crippen LogP contribution in [0.1, 0.15) is 38.3 Å². The van der Waals surface area contributed by atoms with Crippen LogP contribution in [-0.4, -0.2) is 36.0 Å². The van der Waals surface area contributed by atoms with Gasteiger partial charge in [-0.15, -0.1) is 0 Å². The van der Waals surface area contributed by atoms with E-state index in [1.54, 1.807) is 17.0 Å². The van der Waals surface area contributed by atoms with E-state index < -0.39 is 0 Å². The second-order valence-electron chi connectivity index (χ2n) is 5.51. The summed E-state index contributed by atoms with van der Waals surface area (Å²) in [6.45, 7) is 4.24. The summed E-state index contributed by atoms with van der Waals surface area (Å²) in [4.78, 5) is 25.5. The van der Waals surface area contributed by atoms with Crippen molar-refractivity contribution in [1.82, 2.24) is 15.5 Å². The number of halogens is 1. The summed E-state index contributed by atoms with van der Waals surface area (Å²) >= 11 is 0. The van der Waals surface area contributed by atoms with Crippen molar-refractivity contribution in [1.29, 1.82) is 0 Å². The second kappa shape index (κ2) is 7.24. The molecule has 1 aromatic rings. The Bertz CT molecular complexity index is 529. The minimum atomic E-state index is -0.304. The standard InChI is InChI=1S/C16H22FN3O2/c1-3-20(11(2)12-4-6-13(17)7-5-12)15(21)10-18-16(22)19-14-8-9-14/h4-7,11,14H,3,8-10H2,1-2H3,(H2,18,19,22)/t11-/m0/s1. The summed E-state index contributed by atoms with van der Waals surface area (Å²) in [5.41, 5.74) is 0.860. The average Bonchev–Trinajstić information content (AvgIpc) is 3.30. The van der Waals surface area contributed by atoms with Crippen molar-refractivity contribution in [3.05, 3.63) is 35.6 Å². The van der Waals surface area contributed by atoms with Crippen LogP contribution in [0, 0.1) is 5.82 Å². The Morgan fingerprint density at radius 1 is 1.32 bits per heavy atom. The first-order chi connectivity index (χ1) is 10.5. The highest BCUT2D eigenvalue weighted by Crippen LogP contribution is 2.20. The number of hydrogen-bond donors (Lipinski definition) is 2. The van der Waals surface area contributed by atoms with Crippen LogP contribution in [0.5, 0.6) is 0 Å². The number of urea groups is 1. The summed E-state index contributed by atoms with van der Waals surface area (Å²) in [6.07, 6.45) is 2.01. The quantitative estimate of drug-likeness (QED) is 0.846. The average molecular weight is 307 g/mol. The zero-order valence-electron chi connectivity index (χ0n) is 12.9. The largest absolute Gasteiger partial charge is 0.335 e. The van der Waals surface area contributed by atoms with E-state index in [-0.39, 0.29) is 36.4 Å². The topological polar surface area (TPSA) is 61.4 Å². The van der Waals surface area contributed by atoms with E-state index in [1.807, 2.05) is 13.8 Å². The predicted molar refractivity (Wildman–Crippen MR) is 81.8 cm³/mol. The molecule has 0 saturated heterocycles. The van der Waals surface area contributed by atoms with Gasteiger partial charge in [0.25, 0.3) is 0 Å². The van der Waals surface area contributed by atoms with Gasteiger partial charge in [-0.2, -0.15) is 0 Å². The first-order valence-corrected chi connectivity index (χ1v) is 7.60. The Labute approximate surface area is 129 Å². The lowest BCUT2D eigenvalue weighted by Gasteiger charge is -2.28. The number of nitrogens with one attached hydrogen (secondary N) is 2. The van der Waals surface area contributed by atoms with Crippen LogP contribution < -0.4 is 10.6 Å². The van der Waals surface area contributed by atoms with E-state index in [4.69, 9.17) is 0 Å². The molecule has 2 N–H and O–H groups in total. The highest BCUT2D eigenvalue weighted by molar-refractivity contribution is 5.84. The van der Waals surface area contributed by atoms with Gasteiger partial charge in [-0.05, 0) is 44.4 Å². The first-order valence-electron chi connectivity index (χ1n) is 7.60. The molecule has 1 aliphatic rings. The van der Waals surface area contributed by atoms with Crippen molar-refractivity contribution in [3.63, 3.8) is 0 Å². The Morgan fingerprint density at radius 2 is 1.95 bits per heavy atom. The van der Waals surface area contributed by atoms with E-state index in [9.17, 15) is 14.0 Å². The third-order valence-electron chi connectivity index (χ3n) is 3.79.